The summed E-state index contributed by atoms with van der Waals surface area (Å²) in [6.07, 6.45) is 0. The molecule has 6 nitrogen and oxygen atoms in total. The third-order valence-corrected chi connectivity index (χ3v) is 4.69. The van der Waals surface area contributed by atoms with Gasteiger partial charge in [0.2, 0.25) is 0 Å². The molecule has 9 heteroatoms. The lowest BCUT2D eigenvalue weighted by molar-refractivity contribution is 0.456. The van der Waals surface area contributed by atoms with Crippen molar-refractivity contribution in [3.05, 3.63) is 0 Å². The van der Waals surface area contributed by atoms with Gasteiger partial charge in [-0.15, -0.1) is 11.6 Å². The fourth-order valence-corrected chi connectivity index (χ4v) is 2.36. The van der Waals surface area contributed by atoms with Gasteiger partial charge >= 0.3 is 0 Å². The average Bonchev–Trinajstić information content (AvgIpc) is 1.80. The molecule has 0 bridgehead atoms. The van der Waals surface area contributed by atoms with Crippen LogP contribution in [0.15, 0.2) is 0 Å². The van der Waals surface area contributed by atoms with Gasteiger partial charge in [-0.25, -0.2) is 0 Å². The molecule has 0 aliphatic carbocycles. The van der Waals surface area contributed by atoms with Gasteiger partial charge in [-0.2, -0.15) is 16.8 Å². The van der Waals surface area contributed by atoms with Crippen LogP contribution in [0.2, 0.25) is 0 Å². The predicted molar refractivity (Wildman–Crippen MR) is 42.2 cm³/mol. The van der Waals surface area contributed by atoms with E-state index in [2.05, 4.69) is 0 Å². The number of hydrogen-bond acceptors (Lipinski definition) is 4. The number of halogens is 1. The molecule has 0 aromatic heterocycles. The smallest absolute Gasteiger partial charge is 0.283 e. The zero-order valence-corrected chi connectivity index (χ0v) is 8.27. The molecule has 0 radical (unpaired) electrons. The van der Waals surface area contributed by atoms with Gasteiger partial charge in [0.25, 0.3) is 20.2 Å². The zero-order valence-electron chi connectivity index (χ0n) is 5.88. The van der Waals surface area contributed by atoms with E-state index in [9.17, 15) is 16.8 Å². The Morgan fingerprint density at radius 2 is 1.42 bits per heavy atom. The van der Waals surface area contributed by atoms with Crippen LogP contribution in [-0.2, 0) is 20.2 Å². The van der Waals surface area contributed by atoms with E-state index < -0.39 is 30.2 Å². The summed E-state index contributed by atoms with van der Waals surface area (Å²) in [5.41, 5.74) is 0. The number of rotatable bonds is 3. The highest BCUT2D eigenvalue weighted by Gasteiger charge is 2.34. The minimum Gasteiger partial charge on any atom is -0.285 e. The van der Waals surface area contributed by atoms with Crippen LogP contribution in [0.25, 0.3) is 0 Å². The van der Waals surface area contributed by atoms with E-state index in [1.54, 1.807) is 0 Å². The molecule has 2 N–H and O–H groups in total. The van der Waals surface area contributed by atoms with Gasteiger partial charge in [-0.1, -0.05) is 0 Å². The van der Waals surface area contributed by atoms with Crippen LogP contribution >= 0.6 is 11.6 Å². The third kappa shape index (κ3) is 3.23. The Morgan fingerprint density at radius 3 is 1.50 bits per heavy atom. The maximum atomic E-state index is 10.3. The van der Waals surface area contributed by atoms with Crippen molar-refractivity contribution >= 4 is 31.8 Å². The first kappa shape index (κ1) is 12.1. The molecule has 0 amide bonds. The molecular formula is C3H7ClO6S2. The van der Waals surface area contributed by atoms with E-state index in [4.69, 9.17) is 20.7 Å². The highest BCUT2D eigenvalue weighted by Crippen LogP contribution is 2.15. The quantitative estimate of drug-likeness (QED) is 0.517. The summed E-state index contributed by atoms with van der Waals surface area (Å²) in [4.78, 5) is 0. The fraction of sp³-hybridized carbons (Fsp3) is 1.00. The van der Waals surface area contributed by atoms with Crippen molar-refractivity contribution in [2.24, 2.45) is 0 Å². The summed E-state index contributed by atoms with van der Waals surface area (Å²) in [5, 5.41) is -1.77. The topological polar surface area (TPSA) is 109 Å². The summed E-state index contributed by atoms with van der Waals surface area (Å²) in [7, 11) is -9.22. The van der Waals surface area contributed by atoms with Crippen molar-refractivity contribution in [3.8, 4) is 0 Å². The lowest BCUT2D eigenvalue weighted by Gasteiger charge is -2.11. The lowest BCUT2D eigenvalue weighted by Crippen LogP contribution is -2.32. The van der Waals surface area contributed by atoms with Crippen molar-refractivity contribution in [1.82, 2.24) is 0 Å². The van der Waals surface area contributed by atoms with Gasteiger partial charge in [0.15, 0.2) is 4.71 Å². The van der Waals surface area contributed by atoms with Crippen LogP contribution in [0.4, 0.5) is 0 Å². The van der Waals surface area contributed by atoms with Gasteiger partial charge in [-0.3, -0.25) is 9.11 Å². The molecule has 2 atom stereocenters. The van der Waals surface area contributed by atoms with Crippen molar-refractivity contribution in [2.75, 3.05) is 0 Å². The molecular weight excluding hydrogens is 232 g/mol. The van der Waals surface area contributed by atoms with Gasteiger partial charge in [0, 0.05) is 0 Å². The molecule has 12 heavy (non-hydrogen) atoms. The predicted octanol–water partition coefficient (Wildman–Crippen LogP) is -0.285. The Kier molecular flexibility index (Phi) is 3.49. The van der Waals surface area contributed by atoms with Crippen LogP contribution in [0.5, 0.6) is 0 Å². The largest absolute Gasteiger partial charge is 0.285 e. The van der Waals surface area contributed by atoms with Gasteiger partial charge in [0.1, 0.15) is 5.25 Å². The van der Waals surface area contributed by atoms with Crippen LogP contribution in [-0.4, -0.2) is 35.9 Å². The molecule has 0 heterocycles. The Hall–Kier alpha value is 0.110. The Labute approximate surface area is 75.0 Å². The Morgan fingerprint density at radius 1 is 1.08 bits per heavy atom. The molecule has 0 saturated carbocycles. The van der Waals surface area contributed by atoms with E-state index in [0.717, 1.165) is 6.92 Å². The Bertz CT molecular complexity index is 305. The molecule has 0 aliphatic rings. The Balaban J connectivity index is 4.89. The van der Waals surface area contributed by atoms with Crippen LogP contribution < -0.4 is 0 Å². The van der Waals surface area contributed by atoms with Crippen molar-refractivity contribution < 1.29 is 25.9 Å². The molecule has 0 saturated heterocycles. The minimum absolute atomic E-state index is 0.862. The standard InChI is InChI=1S/C3H7ClO6S2/c1-2(11(5,6)7)3(4)12(8,9)10/h2-3H,1H3,(H,5,6,7)(H,8,9,10). The molecule has 0 spiro atoms. The summed E-state index contributed by atoms with van der Waals surface area (Å²) >= 11 is 5.01. The minimum atomic E-state index is -4.66. The maximum absolute atomic E-state index is 10.3. The highest BCUT2D eigenvalue weighted by atomic mass is 35.5. The first-order chi connectivity index (χ1) is 5.07. The number of hydrogen-bond donors (Lipinski definition) is 2. The van der Waals surface area contributed by atoms with Gasteiger partial charge in [-0.05, 0) is 6.92 Å². The van der Waals surface area contributed by atoms with Crippen LogP contribution in [0.3, 0.4) is 0 Å². The molecule has 0 rings (SSSR count). The molecule has 0 aromatic carbocycles. The second-order valence-electron chi connectivity index (χ2n) is 2.09. The summed E-state index contributed by atoms with van der Waals surface area (Å²) < 4.78 is 55.7. The zero-order chi connectivity index (χ0) is 10.2. The SMILES string of the molecule is CC(C(Cl)S(=O)(=O)O)S(=O)(=O)O. The summed E-state index contributed by atoms with van der Waals surface area (Å²) in [6, 6.07) is 0. The van der Waals surface area contributed by atoms with E-state index in [-0.39, 0.29) is 0 Å². The monoisotopic (exact) mass is 238 g/mol. The van der Waals surface area contributed by atoms with Crippen molar-refractivity contribution in [2.45, 2.75) is 16.9 Å². The molecule has 0 aliphatic heterocycles. The molecule has 2 unspecified atom stereocenters. The summed E-state index contributed by atoms with van der Waals surface area (Å²) in [6.45, 7) is 0.862. The first-order valence-corrected chi connectivity index (χ1v) is 6.07. The number of alkyl halides is 1. The highest BCUT2D eigenvalue weighted by molar-refractivity contribution is 7.91. The molecule has 0 fully saturated rings. The second-order valence-corrected chi connectivity index (χ2v) is 6.13. The van der Waals surface area contributed by atoms with Crippen LogP contribution in [0.1, 0.15) is 6.92 Å². The summed E-state index contributed by atoms with van der Waals surface area (Å²) in [5.74, 6) is 0. The van der Waals surface area contributed by atoms with Crippen LogP contribution in [0, 0.1) is 0 Å². The van der Waals surface area contributed by atoms with E-state index in [0.29, 0.717) is 0 Å². The average molecular weight is 239 g/mol. The normalized spacial score (nSPS) is 18.7. The van der Waals surface area contributed by atoms with Gasteiger partial charge < -0.3 is 0 Å². The van der Waals surface area contributed by atoms with E-state index in [1.807, 2.05) is 0 Å². The third-order valence-electron chi connectivity index (χ3n) is 1.12. The van der Waals surface area contributed by atoms with Crippen molar-refractivity contribution in [3.63, 3.8) is 0 Å². The molecule has 0 aromatic rings. The van der Waals surface area contributed by atoms with E-state index >= 15 is 0 Å². The second kappa shape index (κ2) is 3.46. The first-order valence-electron chi connectivity index (χ1n) is 2.63. The van der Waals surface area contributed by atoms with E-state index in [1.165, 1.54) is 0 Å². The molecule has 74 valence electrons. The van der Waals surface area contributed by atoms with Gasteiger partial charge in [0.05, 0.1) is 0 Å². The fourth-order valence-electron chi connectivity index (χ4n) is 0.377. The van der Waals surface area contributed by atoms with Crippen molar-refractivity contribution in [1.29, 1.82) is 0 Å². The lowest BCUT2D eigenvalue weighted by atomic mass is 10.6. The maximum Gasteiger partial charge on any atom is 0.283 e.